The maximum Gasteiger partial charge on any atom is 0.416 e. The molecule has 1 fully saturated rings. The second-order valence-corrected chi connectivity index (χ2v) is 13.5. The van der Waals surface area contributed by atoms with Crippen molar-refractivity contribution in [2.24, 2.45) is 0 Å². The highest BCUT2D eigenvalue weighted by Gasteiger charge is 2.36. The smallest absolute Gasteiger partial charge is 0.352 e. The molecule has 1 aliphatic rings. The number of nitrogens with one attached hydrogen (secondary N) is 1. The summed E-state index contributed by atoms with van der Waals surface area (Å²) < 4.78 is 67.1. The Kier molecular flexibility index (Phi) is 10.9. The lowest BCUT2D eigenvalue weighted by molar-refractivity contribution is -0.140. The number of hydrogen-bond acceptors (Lipinski definition) is 4. The van der Waals surface area contributed by atoms with E-state index in [1.165, 1.54) is 4.90 Å². The Morgan fingerprint density at radius 1 is 0.955 bits per heavy atom. The highest BCUT2D eigenvalue weighted by Crippen LogP contribution is 2.36. The molecule has 1 saturated carbocycles. The van der Waals surface area contributed by atoms with Crippen LogP contribution in [0.2, 0.25) is 10.0 Å². The van der Waals surface area contributed by atoms with Gasteiger partial charge in [0.2, 0.25) is 21.8 Å². The standard InChI is InChI=1S/C31H32Cl2F3N3O4S/c1-44(42,43)39(27-18-23(31(34,35)36)13-16-26(27)33)20-29(40)38(19-22-11-14-24(32)15-12-22)28(17-21-7-3-2-4-8-21)30(41)37-25-9-5-6-10-25/h2-4,7-8,11-16,18,25,28H,5-6,9-10,17,19-20H2,1H3,(H,37,41)/t28-/m0/s1. The van der Waals surface area contributed by atoms with E-state index in [0.29, 0.717) is 21.0 Å². The number of amides is 2. The molecule has 0 aromatic heterocycles. The monoisotopic (exact) mass is 669 g/mol. The fourth-order valence-electron chi connectivity index (χ4n) is 5.18. The molecule has 7 nitrogen and oxygen atoms in total. The van der Waals surface area contributed by atoms with Crippen molar-refractivity contribution in [3.8, 4) is 0 Å². The molecule has 2 amide bonds. The summed E-state index contributed by atoms with van der Waals surface area (Å²) in [4.78, 5) is 29.3. The predicted octanol–water partition coefficient (Wildman–Crippen LogP) is 6.48. The molecule has 0 unspecified atom stereocenters. The molecule has 236 valence electrons. The molecule has 0 spiro atoms. The van der Waals surface area contributed by atoms with Crippen LogP contribution in [-0.2, 0) is 38.8 Å². The van der Waals surface area contributed by atoms with Gasteiger partial charge in [-0.25, -0.2) is 8.42 Å². The first kappa shape index (κ1) is 33.6. The highest BCUT2D eigenvalue weighted by molar-refractivity contribution is 7.92. The Bertz CT molecular complexity index is 1570. The van der Waals surface area contributed by atoms with Crippen molar-refractivity contribution in [1.29, 1.82) is 0 Å². The molecule has 1 N–H and O–H groups in total. The van der Waals surface area contributed by atoms with Gasteiger partial charge in [-0.2, -0.15) is 13.2 Å². The van der Waals surface area contributed by atoms with Gasteiger partial charge >= 0.3 is 6.18 Å². The van der Waals surface area contributed by atoms with Crippen LogP contribution in [-0.4, -0.2) is 50.0 Å². The largest absolute Gasteiger partial charge is 0.416 e. The maximum atomic E-state index is 14.2. The zero-order valence-corrected chi connectivity index (χ0v) is 26.2. The zero-order chi connectivity index (χ0) is 32.1. The van der Waals surface area contributed by atoms with E-state index in [0.717, 1.165) is 49.6 Å². The second kappa shape index (κ2) is 14.2. The lowest BCUT2D eigenvalue weighted by Crippen LogP contribution is -2.54. The first-order valence-corrected chi connectivity index (χ1v) is 16.6. The summed E-state index contributed by atoms with van der Waals surface area (Å²) in [5.74, 6) is -1.22. The molecule has 0 aliphatic heterocycles. The molecule has 0 radical (unpaired) electrons. The first-order valence-electron chi connectivity index (χ1n) is 13.9. The van der Waals surface area contributed by atoms with Gasteiger partial charge in [0.15, 0.2) is 0 Å². The zero-order valence-electron chi connectivity index (χ0n) is 23.9. The Morgan fingerprint density at radius 3 is 2.18 bits per heavy atom. The van der Waals surface area contributed by atoms with E-state index < -0.39 is 51.9 Å². The Labute approximate surface area is 265 Å². The van der Waals surface area contributed by atoms with E-state index in [1.54, 1.807) is 36.4 Å². The molecular weight excluding hydrogens is 638 g/mol. The molecule has 0 bridgehead atoms. The van der Waals surface area contributed by atoms with Crippen molar-refractivity contribution in [2.45, 2.75) is 56.9 Å². The molecule has 1 atom stereocenters. The van der Waals surface area contributed by atoms with Gasteiger partial charge in [-0.15, -0.1) is 0 Å². The number of alkyl halides is 3. The summed E-state index contributed by atoms with van der Waals surface area (Å²) >= 11 is 12.3. The first-order chi connectivity index (χ1) is 20.7. The lowest BCUT2D eigenvalue weighted by atomic mass is 10.0. The normalized spacial score (nSPS) is 14.7. The fraction of sp³-hybridized carbons (Fsp3) is 0.355. The van der Waals surface area contributed by atoms with E-state index in [4.69, 9.17) is 23.2 Å². The SMILES string of the molecule is CS(=O)(=O)N(CC(=O)N(Cc1ccc(Cl)cc1)[C@@H](Cc1ccccc1)C(=O)NC1CCCC1)c1cc(C(F)(F)F)ccc1Cl. The Balaban J connectivity index is 1.76. The van der Waals surface area contributed by atoms with Crippen LogP contribution in [0.4, 0.5) is 18.9 Å². The number of hydrogen-bond donors (Lipinski definition) is 1. The highest BCUT2D eigenvalue weighted by atomic mass is 35.5. The molecule has 0 saturated heterocycles. The summed E-state index contributed by atoms with van der Waals surface area (Å²) in [6.07, 6.45) is -0.385. The minimum atomic E-state index is -4.79. The van der Waals surface area contributed by atoms with Gasteiger partial charge in [-0.05, 0) is 54.3 Å². The molecule has 1 aliphatic carbocycles. The molecule has 44 heavy (non-hydrogen) atoms. The van der Waals surface area contributed by atoms with E-state index in [1.807, 2.05) is 18.2 Å². The number of carbonyl (C=O) groups excluding carboxylic acids is 2. The van der Waals surface area contributed by atoms with Crippen LogP contribution < -0.4 is 9.62 Å². The predicted molar refractivity (Wildman–Crippen MR) is 165 cm³/mol. The molecular formula is C31H32Cl2F3N3O4S. The van der Waals surface area contributed by atoms with Gasteiger partial charge in [-0.3, -0.25) is 13.9 Å². The third-order valence-electron chi connectivity index (χ3n) is 7.46. The third-order valence-corrected chi connectivity index (χ3v) is 9.16. The van der Waals surface area contributed by atoms with Crippen molar-refractivity contribution in [1.82, 2.24) is 10.2 Å². The lowest BCUT2D eigenvalue weighted by Gasteiger charge is -2.34. The number of anilines is 1. The quantitative estimate of drug-likeness (QED) is 0.253. The van der Waals surface area contributed by atoms with E-state index in [-0.39, 0.29) is 24.0 Å². The number of rotatable bonds is 11. The Morgan fingerprint density at radius 2 is 1.59 bits per heavy atom. The summed E-state index contributed by atoms with van der Waals surface area (Å²) in [6, 6.07) is 16.7. The topological polar surface area (TPSA) is 86.8 Å². The van der Waals surface area contributed by atoms with Crippen LogP contribution in [0, 0.1) is 0 Å². The molecule has 13 heteroatoms. The molecule has 3 aromatic rings. The average molecular weight is 671 g/mol. The Hall–Kier alpha value is -3.28. The molecule has 0 heterocycles. The average Bonchev–Trinajstić information content (AvgIpc) is 3.47. The second-order valence-electron chi connectivity index (χ2n) is 10.8. The van der Waals surface area contributed by atoms with Crippen LogP contribution in [0.5, 0.6) is 0 Å². The minimum Gasteiger partial charge on any atom is -0.352 e. The van der Waals surface area contributed by atoms with E-state index in [9.17, 15) is 31.2 Å². The van der Waals surface area contributed by atoms with Crippen molar-refractivity contribution < 1.29 is 31.2 Å². The van der Waals surface area contributed by atoms with Crippen LogP contribution in [0.1, 0.15) is 42.4 Å². The molecule has 4 rings (SSSR count). The van der Waals surface area contributed by atoms with Crippen LogP contribution in [0.25, 0.3) is 0 Å². The van der Waals surface area contributed by atoms with Gasteiger partial charge < -0.3 is 10.2 Å². The van der Waals surface area contributed by atoms with Crippen molar-refractivity contribution >= 4 is 50.7 Å². The van der Waals surface area contributed by atoms with Gasteiger partial charge in [0.25, 0.3) is 0 Å². The van der Waals surface area contributed by atoms with Crippen LogP contribution in [0.3, 0.4) is 0 Å². The molecule has 3 aromatic carbocycles. The number of halogens is 5. The van der Waals surface area contributed by atoms with Gasteiger partial charge in [0, 0.05) is 24.0 Å². The third kappa shape index (κ3) is 8.89. The van der Waals surface area contributed by atoms with E-state index in [2.05, 4.69) is 5.32 Å². The number of sulfonamides is 1. The van der Waals surface area contributed by atoms with Crippen molar-refractivity contribution in [3.05, 3.63) is 99.5 Å². The fourth-order valence-corrected chi connectivity index (χ4v) is 6.43. The van der Waals surface area contributed by atoms with Crippen molar-refractivity contribution in [3.63, 3.8) is 0 Å². The summed E-state index contributed by atoms with van der Waals surface area (Å²) in [6.45, 7) is -0.991. The van der Waals surface area contributed by atoms with Crippen LogP contribution >= 0.6 is 23.2 Å². The summed E-state index contributed by atoms with van der Waals surface area (Å²) in [7, 11) is -4.32. The number of nitrogens with zero attached hydrogens (tertiary/aromatic N) is 2. The number of carbonyl (C=O) groups is 2. The van der Waals surface area contributed by atoms with Gasteiger partial charge in [0.1, 0.15) is 12.6 Å². The van der Waals surface area contributed by atoms with E-state index >= 15 is 0 Å². The van der Waals surface area contributed by atoms with Gasteiger partial charge in [-0.1, -0.05) is 78.5 Å². The summed E-state index contributed by atoms with van der Waals surface area (Å²) in [5, 5.41) is 3.21. The van der Waals surface area contributed by atoms with Gasteiger partial charge in [0.05, 0.1) is 22.5 Å². The van der Waals surface area contributed by atoms with Crippen molar-refractivity contribution in [2.75, 3.05) is 17.1 Å². The van der Waals surface area contributed by atoms with Crippen LogP contribution in [0.15, 0.2) is 72.8 Å². The maximum absolute atomic E-state index is 14.2. The summed E-state index contributed by atoms with van der Waals surface area (Å²) in [5.41, 5.74) is -0.265. The minimum absolute atomic E-state index is 0.0651. The number of benzene rings is 3.